The molecular formula is C11H15NO3. The zero-order valence-corrected chi connectivity index (χ0v) is 8.81. The summed E-state index contributed by atoms with van der Waals surface area (Å²) in [5, 5.41) is 10.7. The van der Waals surface area contributed by atoms with E-state index >= 15 is 0 Å². The molecule has 0 aliphatic rings. The van der Waals surface area contributed by atoms with Crippen molar-refractivity contribution < 1.29 is 9.66 Å². The van der Waals surface area contributed by atoms with Gasteiger partial charge in [0.15, 0.2) is 0 Å². The number of aryl methyl sites for hydroxylation is 1. The second-order valence-electron chi connectivity index (χ2n) is 3.19. The van der Waals surface area contributed by atoms with Gasteiger partial charge >= 0.3 is 0 Å². The minimum absolute atomic E-state index is 0.203. The molecular weight excluding hydrogens is 194 g/mol. The lowest BCUT2D eigenvalue weighted by molar-refractivity contribution is -0.385. The van der Waals surface area contributed by atoms with Crippen LogP contribution in [0, 0.1) is 10.1 Å². The summed E-state index contributed by atoms with van der Waals surface area (Å²) in [5.74, 6) is 0. The van der Waals surface area contributed by atoms with Crippen LogP contribution in [-0.2, 0) is 11.2 Å². The Morgan fingerprint density at radius 2 is 2.13 bits per heavy atom. The molecule has 15 heavy (non-hydrogen) atoms. The third-order valence-corrected chi connectivity index (χ3v) is 2.13. The van der Waals surface area contributed by atoms with E-state index in [0.717, 1.165) is 12.0 Å². The van der Waals surface area contributed by atoms with Gasteiger partial charge in [-0.1, -0.05) is 18.2 Å². The van der Waals surface area contributed by atoms with Gasteiger partial charge in [0, 0.05) is 24.8 Å². The maximum atomic E-state index is 10.7. The van der Waals surface area contributed by atoms with Crippen molar-refractivity contribution in [2.45, 2.75) is 19.8 Å². The van der Waals surface area contributed by atoms with Crippen molar-refractivity contribution in [3.8, 4) is 0 Å². The first-order valence-electron chi connectivity index (χ1n) is 5.05. The first-order valence-corrected chi connectivity index (χ1v) is 5.05. The summed E-state index contributed by atoms with van der Waals surface area (Å²) in [6.45, 7) is 3.28. The standard InChI is InChI=1S/C11H15NO3/c1-2-15-9-5-7-10-6-3-4-8-11(10)12(13)14/h3-4,6,8H,2,5,7,9H2,1H3. The number of nitro groups is 1. The monoisotopic (exact) mass is 209 g/mol. The summed E-state index contributed by atoms with van der Waals surface area (Å²) in [7, 11) is 0. The highest BCUT2D eigenvalue weighted by atomic mass is 16.6. The lowest BCUT2D eigenvalue weighted by Gasteiger charge is -2.02. The van der Waals surface area contributed by atoms with E-state index in [1.165, 1.54) is 6.07 Å². The summed E-state index contributed by atoms with van der Waals surface area (Å²) in [5.41, 5.74) is 0.983. The molecule has 0 heterocycles. The Labute approximate surface area is 89.0 Å². The zero-order chi connectivity index (χ0) is 11.1. The Hall–Kier alpha value is -1.42. The summed E-state index contributed by atoms with van der Waals surface area (Å²) in [4.78, 5) is 10.3. The van der Waals surface area contributed by atoms with Crippen molar-refractivity contribution in [3.63, 3.8) is 0 Å². The molecule has 0 unspecified atom stereocenters. The van der Waals surface area contributed by atoms with Crippen molar-refractivity contribution >= 4 is 5.69 Å². The van der Waals surface area contributed by atoms with E-state index in [2.05, 4.69) is 0 Å². The molecule has 0 saturated carbocycles. The van der Waals surface area contributed by atoms with Gasteiger partial charge in [-0.25, -0.2) is 0 Å². The molecule has 0 radical (unpaired) electrons. The molecule has 1 rings (SSSR count). The molecule has 4 nitrogen and oxygen atoms in total. The third kappa shape index (κ3) is 3.67. The van der Waals surface area contributed by atoms with Crippen molar-refractivity contribution in [2.75, 3.05) is 13.2 Å². The van der Waals surface area contributed by atoms with Crippen LogP contribution in [0.2, 0.25) is 0 Å². The zero-order valence-electron chi connectivity index (χ0n) is 8.81. The van der Waals surface area contributed by atoms with E-state index in [1.807, 2.05) is 13.0 Å². The van der Waals surface area contributed by atoms with Crippen LogP contribution >= 0.6 is 0 Å². The predicted molar refractivity (Wildman–Crippen MR) is 57.9 cm³/mol. The smallest absolute Gasteiger partial charge is 0.272 e. The second kappa shape index (κ2) is 6.14. The Morgan fingerprint density at radius 1 is 1.40 bits per heavy atom. The highest BCUT2D eigenvalue weighted by Gasteiger charge is 2.10. The summed E-state index contributed by atoms with van der Waals surface area (Å²) >= 11 is 0. The van der Waals surface area contributed by atoms with E-state index in [-0.39, 0.29) is 10.6 Å². The highest BCUT2D eigenvalue weighted by molar-refractivity contribution is 5.39. The Morgan fingerprint density at radius 3 is 2.80 bits per heavy atom. The van der Waals surface area contributed by atoms with Crippen molar-refractivity contribution in [1.82, 2.24) is 0 Å². The maximum absolute atomic E-state index is 10.7. The van der Waals surface area contributed by atoms with Gasteiger partial charge in [0.05, 0.1) is 4.92 Å². The molecule has 0 aromatic heterocycles. The van der Waals surface area contributed by atoms with Crippen LogP contribution in [0.25, 0.3) is 0 Å². The Balaban J connectivity index is 2.56. The number of rotatable bonds is 6. The van der Waals surface area contributed by atoms with Gasteiger partial charge in [0.25, 0.3) is 5.69 Å². The average molecular weight is 209 g/mol. The van der Waals surface area contributed by atoms with E-state index < -0.39 is 0 Å². The van der Waals surface area contributed by atoms with Crippen LogP contribution in [0.4, 0.5) is 5.69 Å². The van der Waals surface area contributed by atoms with E-state index in [4.69, 9.17) is 4.74 Å². The molecule has 0 amide bonds. The fourth-order valence-electron chi connectivity index (χ4n) is 1.41. The van der Waals surface area contributed by atoms with Crippen LogP contribution in [0.15, 0.2) is 24.3 Å². The Kier molecular flexibility index (Phi) is 4.77. The highest BCUT2D eigenvalue weighted by Crippen LogP contribution is 2.18. The van der Waals surface area contributed by atoms with E-state index in [1.54, 1.807) is 12.1 Å². The summed E-state index contributed by atoms with van der Waals surface area (Å²) in [6.07, 6.45) is 1.51. The van der Waals surface area contributed by atoms with Crippen LogP contribution in [0.5, 0.6) is 0 Å². The number of hydrogen-bond acceptors (Lipinski definition) is 3. The molecule has 0 atom stereocenters. The summed E-state index contributed by atoms with van der Waals surface area (Å²) in [6, 6.07) is 6.84. The van der Waals surface area contributed by atoms with Crippen LogP contribution in [0.3, 0.4) is 0 Å². The van der Waals surface area contributed by atoms with Crippen molar-refractivity contribution in [3.05, 3.63) is 39.9 Å². The predicted octanol–water partition coefficient (Wildman–Crippen LogP) is 2.56. The van der Waals surface area contributed by atoms with Gasteiger partial charge in [-0.15, -0.1) is 0 Å². The van der Waals surface area contributed by atoms with Crippen LogP contribution in [0.1, 0.15) is 18.9 Å². The number of nitro benzene ring substituents is 1. The van der Waals surface area contributed by atoms with Gasteiger partial charge in [0.1, 0.15) is 0 Å². The first kappa shape index (κ1) is 11.7. The lowest BCUT2D eigenvalue weighted by atomic mass is 10.1. The molecule has 0 fully saturated rings. The fourth-order valence-corrected chi connectivity index (χ4v) is 1.41. The average Bonchev–Trinajstić information content (AvgIpc) is 2.25. The second-order valence-corrected chi connectivity index (χ2v) is 3.19. The fraction of sp³-hybridized carbons (Fsp3) is 0.455. The largest absolute Gasteiger partial charge is 0.382 e. The number of nitrogens with zero attached hydrogens (tertiary/aromatic N) is 1. The number of benzene rings is 1. The number of hydrogen-bond donors (Lipinski definition) is 0. The van der Waals surface area contributed by atoms with Gasteiger partial charge in [-0.3, -0.25) is 10.1 Å². The van der Waals surface area contributed by atoms with Crippen molar-refractivity contribution in [2.24, 2.45) is 0 Å². The third-order valence-electron chi connectivity index (χ3n) is 2.13. The minimum Gasteiger partial charge on any atom is -0.382 e. The molecule has 0 aliphatic heterocycles. The molecule has 0 spiro atoms. The van der Waals surface area contributed by atoms with E-state index in [9.17, 15) is 10.1 Å². The molecule has 1 aromatic carbocycles. The molecule has 82 valence electrons. The van der Waals surface area contributed by atoms with Gasteiger partial charge in [-0.2, -0.15) is 0 Å². The molecule has 1 aromatic rings. The van der Waals surface area contributed by atoms with Gasteiger partial charge in [-0.05, 0) is 19.8 Å². The lowest BCUT2D eigenvalue weighted by Crippen LogP contribution is -1.99. The normalized spacial score (nSPS) is 10.2. The molecule has 0 bridgehead atoms. The quantitative estimate of drug-likeness (QED) is 0.411. The Bertz CT molecular complexity index is 325. The number of ether oxygens (including phenoxy) is 1. The number of para-hydroxylation sites is 1. The maximum Gasteiger partial charge on any atom is 0.272 e. The topological polar surface area (TPSA) is 52.4 Å². The summed E-state index contributed by atoms with van der Waals surface area (Å²) < 4.78 is 5.19. The van der Waals surface area contributed by atoms with Gasteiger partial charge < -0.3 is 4.74 Å². The molecule has 4 heteroatoms. The molecule has 0 N–H and O–H groups in total. The van der Waals surface area contributed by atoms with E-state index in [0.29, 0.717) is 19.6 Å². The van der Waals surface area contributed by atoms with Crippen LogP contribution in [-0.4, -0.2) is 18.1 Å². The minimum atomic E-state index is -0.337. The SMILES string of the molecule is CCOCCCc1ccccc1[N+](=O)[O-]. The first-order chi connectivity index (χ1) is 7.25. The van der Waals surface area contributed by atoms with Crippen molar-refractivity contribution in [1.29, 1.82) is 0 Å². The molecule has 0 aliphatic carbocycles. The van der Waals surface area contributed by atoms with Gasteiger partial charge in [0.2, 0.25) is 0 Å². The molecule has 0 saturated heterocycles. The van der Waals surface area contributed by atoms with Crippen LogP contribution < -0.4 is 0 Å².